The Morgan fingerprint density at radius 1 is 1.32 bits per heavy atom. The van der Waals surface area contributed by atoms with Gasteiger partial charge in [0.1, 0.15) is 23.1 Å². The lowest BCUT2D eigenvalue weighted by atomic mass is 10.1. The average molecular weight is 250 g/mol. The molecule has 5 nitrogen and oxygen atoms in total. The molecule has 0 aliphatic carbocycles. The van der Waals surface area contributed by atoms with Crippen molar-refractivity contribution in [1.82, 2.24) is 14.6 Å². The van der Waals surface area contributed by atoms with Crippen LogP contribution >= 0.6 is 0 Å². The summed E-state index contributed by atoms with van der Waals surface area (Å²) in [6, 6.07) is 11.4. The van der Waals surface area contributed by atoms with E-state index in [0.717, 1.165) is 11.3 Å². The summed E-state index contributed by atoms with van der Waals surface area (Å²) in [6.45, 7) is 0. The minimum atomic E-state index is 0.467. The first-order valence-electron chi connectivity index (χ1n) is 5.71. The second kappa shape index (κ2) is 4.42. The van der Waals surface area contributed by atoms with E-state index >= 15 is 0 Å². The van der Waals surface area contributed by atoms with Crippen LogP contribution in [0.25, 0.3) is 16.9 Å². The molecule has 2 heterocycles. The first-order valence-corrected chi connectivity index (χ1v) is 5.71. The molecule has 0 bridgehead atoms. The lowest BCUT2D eigenvalue weighted by molar-refractivity contribution is 0.415. The first-order chi connectivity index (χ1) is 9.33. The van der Waals surface area contributed by atoms with Gasteiger partial charge in [0.05, 0.1) is 7.11 Å². The van der Waals surface area contributed by atoms with Crippen LogP contribution < -0.4 is 4.74 Å². The molecule has 19 heavy (non-hydrogen) atoms. The van der Waals surface area contributed by atoms with Gasteiger partial charge >= 0.3 is 0 Å². The van der Waals surface area contributed by atoms with Crippen molar-refractivity contribution in [2.24, 2.45) is 0 Å². The van der Waals surface area contributed by atoms with E-state index in [2.05, 4.69) is 16.2 Å². The molecule has 0 N–H and O–H groups in total. The molecule has 0 aliphatic rings. The highest BCUT2D eigenvalue weighted by Crippen LogP contribution is 2.27. The van der Waals surface area contributed by atoms with Gasteiger partial charge in [-0.3, -0.25) is 0 Å². The summed E-state index contributed by atoms with van der Waals surface area (Å²) in [5, 5.41) is 13.7. The Morgan fingerprint density at radius 2 is 2.21 bits per heavy atom. The van der Waals surface area contributed by atoms with Crippen molar-refractivity contribution >= 4 is 5.65 Å². The van der Waals surface area contributed by atoms with E-state index in [1.807, 2.05) is 24.3 Å². The molecular weight excluding hydrogens is 240 g/mol. The Bertz CT molecular complexity index is 785. The van der Waals surface area contributed by atoms with Gasteiger partial charge in [0.25, 0.3) is 0 Å². The van der Waals surface area contributed by atoms with Crippen LogP contribution in [0.3, 0.4) is 0 Å². The predicted octanol–water partition coefficient (Wildman–Crippen LogP) is 2.28. The number of fused-ring (bicyclic) bond motifs is 1. The number of benzene rings is 1. The molecule has 0 spiro atoms. The highest BCUT2D eigenvalue weighted by molar-refractivity contribution is 5.75. The zero-order valence-corrected chi connectivity index (χ0v) is 10.2. The van der Waals surface area contributed by atoms with Crippen LogP contribution in [-0.4, -0.2) is 21.7 Å². The molecule has 0 aliphatic heterocycles. The molecule has 0 fully saturated rings. The van der Waals surface area contributed by atoms with Gasteiger partial charge in [-0.2, -0.15) is 10.4 Å². The summed E-state index contributed by atoms with van der Waals surface area (Å²) >= 11 is 0. The van der Waals surface area contributed by atoms with Crippen molar-refractivity contribution in [1.29, 1.82) is 5.26 Å². The SMILES string of the molecule is COc1cccc(-c2nn3cccnc3c2C#N)c1. The van der Waals surface area contributed by atoms with Gasteiger partial charge in [-0.15, -0.1) is 0 Å². The van der Waals surface area contributed by atoms with Crippen LogP contribution in [0.5, 0.6) is 5.75 Å². The molecule has 0 radical (unpaired) electrons. The van der Waals surface area contributed by atoms with E-state index in [9.17, 15) is 5.26 Å². The molecule has 92 valence electrons. The van der Waals surface area contributed by atoms with Gasteiger partial charge in [-0.25, -0.2) is 9.50 Å². The van der Waals surface area contributed by atoms with Gasteiger partial charge in [-0.1, -0.05) is 12.1 Å². The summed E-state index contributed by atoms with van der Waals surface area (Å²) in [7, 11) is 1.61. The molecule has 0 atom stereocenters. The largest absolute Gasteiger partial charge is 0.497 e. The van der Waals surface area contributed by atoms with Crippen LogP contribution in [0.1, 0.15) is 5.56 Å². The predicted molar refractivity (Wildman–Crippen MR) is 69.7 cm³/mol. The number of aromatic nitrogens is 3. The van der Waals surface area contributed by atoms with E-state index in [0.29, 0.717) is 16.9 Å². The number of hydrogen-bond acceptors (Lipinski definition) is 4. The van der Waals surface area contributed by atoms with E-state index < -0.39 is 0 Å². The molecule has 2 aromatic heterocycles. The highest BCUT2D eigenvalue weighted by Gasteiger charge is 2.15. The summed E-state index contributed by atoms with van der Waals surface area (Å²) in [5.41, 5.74) is 2.47. The summed E-state index contributed by atoms with van der Waals surface area (Å²) in [6.07, 6.45) is 3.42. The third-order valence-corrected chi connectivity index (χ3v) is 2.85. The number of methoxy groups -OCH3 is 1. The molecular formula is C14H10N4O. The van der Waals surface area contributed by atoms with Gasteiger partial charge in [0.2, 0.25) is 0 Å². The average Bonchev–Trinajstić information content (AvgIpc) is 2.86. The van der Waals surface area contributed by atoms with Crippen LogP contribution in [0.2, 0.25) is 0 Å². The maximum Gasteiger partial charge on any atom is 0.173 e. The molecule has 0 saturated heterocycles. The highest BCUT2D eigenvalue weighted by atomic mass is 16.5. The van der Waals surface area contributed by atoms with Gasteiger partial charge in [0.15, 0.2) is 5.65 Å². The van der Waals surface area contributed by atoms with Crippen LogP contribution in [0, 0.1) is 11.3 Å². The minimum absolute atomic E-state index is 0.467. The van der Waals surface area contributed by atoms with Crippen molar-refractivity contribution < 1.29 is 4.74 Å². The molecule has 0 unspecified atom stereocenters. The van der Waals surface area contributed by atoms with E-state index in [1.165, 1.54) is 0 Å². The Morgan fingerprint density at radius 3 is 3.00 bits per heavy atom. The molecule has 3 rings (SSSR count). The van der Waals surface area contributed by atoms with E-state index in [1.54, 1.807) is 30.1 Å². The Hall–Kier alpha value is -2.87. The Balaban J connectivity index is 2.27. The van der Waals surface area contributed by atoms with E-state index in [4.69, 9.17) is 4.74 Å². The summed E-state index contributed by atoms with van der Waals surface area (Å²) in [4.78, 5) is 4.19. The monoisotopic (exact) mass is 250 g/mol. The number of nitrogens with zero attached hydrogens (tertiary/aromatic N) is 4. The zero-order chi connectivity index (χ0) is 13.2. The number of hydrogen-bond donors (Lipinski definition) is 0. The van der Waals surface area contributed by atoms with Crippen molar-refractivity contribution in [3.05, 3.63) is 48.3 Å². The fourth-order valence-corrected chi connectivity index (χ4v) is 1.96. The fourth-order valence-electron chi connectivity index (χ4n) is 1.96. The molecule has 0 saturated carbocycles. The first kappa shape index (κ1) is 11.2. The zero-order valence-electron chi connectivity index (χ0n) is 10.2. The molecule has 3 aromatic rings. The number of nitriles is 1. The third-order valence-electron chi connectivity index (χ3n) is 2.85. The maximum absolute atomic E-state index is 9.32. The Labute approximate surface area is 109 Å². The van der Waals surface area contributed by atoms with Gasteiger partial charge in [-0.05, 0) is 18.2 Å². The summed E-state index contributed by atoms with van der Waals surface area (Å²) in [5.74, 6) is 0.728. The molecule has 1 aromatic carbocycles. The lowest BCUT2D eigenvalue weighted by Gasteiger charge is -2.01. The third kappa shape index (κ3) is 1.79. The number of rotatable bonds is 2. The maximum atomic E-state index is 9.32. The Kier molecular flexibility index (Phi) is 2.62. The van der Waals surface area contributed by atoms with Crippen molar-refractivity contribution in [2.75, 3.05) is 7.11 Å². The second-order valence-electron chi connectivity index (χ2n) is 3.96. The summed E-state index contributed by atoms with van der Waals surface area (Å²) < 4.78 is 6.80. The van der Waals surface area contributed by atoms with E-state index in [-0.39, 0.29) is 0 Å². The van der Waals surface area contributed by atoms with Crippen molar-refractivity contribution in [3.63, 3.8) is 0 Å². The van der Waals surface area contributed by atoms with Crippen LogP contribution in [-0.2, 0) is 0 Å². The number of ether oxygens (including phenoxy) is 1. The smallest absolute Gasteiger partial charge is 0.173 e. The second-order valence-corrected chi connectivity index (χ2v) is 3.96. The topological polar surface area (TPSA) is 63.2 Å². The van der Waals surface area contributed by atoms with Crippen LogP contribution in [0.4, 0.5) is 0 Å². The lowest BCUT2D eigenvalue weighted by Crippen LogP contribution is -1.87. The van der Waals surface area contributed by atoms with Gasteiger partial charge in [0, 0.05) is 18.0 Å². The molecule has 5 heteroatoms. The normalized spacial score (nSPS) is 10.3. The fraction of sp³-hybridized carbons (Fsp3) is 0.0714. The molecule has 0 amide bonds. The minimum Gasteiger partial charge on any atom is -0.497 e. The quantitative estimate of drug-likeness (QED) is 0.700. The van der Waals surface area contributed by atoms with Crippen molar-refractivity contribution in [2.45, 2.75) is 0 Å². The van der Waals surface area contributed by atoms with Gasteiger partial charge < -0.3 is 4.74 Å². The van der Waals surface area contributed by atoms with Crippen molar-refractivity contribution in [3.8, 4) is 23.1 Å². The van der Waals surface area contributed by atoms with Crippen LogP contribution in [0.15, 0.2) is 42.7 Å². The standard InChI is InChI=1S/C14H10N4O/c1-19-11-5-2-4-10(8-11)13-12(9-15)14-16-6-3-7-18(14)17-13/h2-8H,1H3.